The first kappa shape index (κ1) is 33.2. The average molecular weight is 616 g/mol. The van der Waals surface area contributed by atoms with Crippen LogP contribution in [0.25, 0.3) is 11.0 Å². The third kappa shape index (κ3) is 10.4. The van der Waals surface area contributed by atoms with Gasteiger partial charge in [-0.25, -0.2) is 9.78 Å². The first-order chi connectivity index (χ1) is 21.5. The molecule has 1 aromatic heterocycles. The molecule has 45 heavy (non-hydrogen) atoms. The number of hydrogen-bond donors (Lipinski definition) is 6. The number of ether oxygens (including phenoxy) is 1. The molecule has 0 spiro atoms. The molecule has 0 radical (unpaired) electrons. The van der Waals surface area contributed by atoms with E-state index in [0.717, 1.165) is 33.5 Å². The molecule has 0 fully saturated rings. The highest BCUT2D eigenvalue weighted by molar-refractivity contribution is 5.77. The summed E-state index contributed by atoms with van der Waals surface area (Å²) in [5, 5.41) is 29.6. The van der Waals surface area contributed by atoms with Crippen LogP contribution in [0.4, 0.5) is 4.79 Å². The minimum Gasteiger partial charge on any atom is -0.480 e. The average Bonchev–Trinajstić information content (AvgIpc) is 3.42. The van der Waals surface area contributed by atoms with Gasteiger partial charge in [-0.1, -0.05) is 66.7 Å². The number of aliphatic hydroxyl groups excluding tert-OH is 1. The largest absolute Gasteiger partial charge is 0.480 e. The number of aromatic amines is 1. The molecule has 0 saturated heterocycles. The summed E-state index contributed by atoms with van der Waals surface area (Å²) < 4.78 is 5.36. The van der Waals surface area contributed by atoms with Crippen LogP contribution in [-0.2, 0) is 40.3 Å². The van der Waals surface area contributed by atoms with E-state index >= 15 is 0 Å². The van der Waals surface area contributed by atoms with Gasteiger partial charge in [-0.15, -0.1) is 0 Å². The standard InChI is InChI=1S/C34H41N5O6/c1-34(2,3)45-33(44)39-27(19-22-9-5-4-6-10-22)31(41)30(32(42)43)36-21-24-15-13-23(14-16-24)20-35-29(40)18-17-28-37-25-11-7-8-12-26(25)38-28/h4-16,27,30-31,36,41H,17-21H2,1-3H3,(H,35,40)(H,37,38)(H,39,44)(H,42,43)/t27-,30+,31+/m0/s1. The number of rotatable bonds is 14. The molecule has 0 bridgehead atoms. The Balaban J connectivity index is 1.30. The van der Waals surface area contributed by atoms with Crippen LogP contribution in [0.3, 0.4) is 0 Å². The number of carboxylic acids is 1. The van der Waals surface area contributed by atoms with E-state index in [1.165, 1.54) is 0 Å². The minimum absolute atomic E-state index is 0.0930. The summed E-state index contributed by atoms with van der Waals surface area (Å²) in [4.78, 5) is 44.9. The van der Waals surface area contributed by atoms with Gasteiger partial charge in [0.2, 0.25) is 5.91 Å². The lowest BCUT2D eigenvalue weighted by Gasteiger charge is -2.30. The fourth-order valence-electron chi connectivity index (χ4n) is 4.82. The van der Waals surface area contributed by atoms with Crippen molar-refractivity contribution in [3.05, 3.63) is 101 Å². The fraction of sp³-hybridized carbons (Fsp3) is 0.353. The van der Waals surface area contributed by atoms with E-state index in [1.807, 2.05) is 78.9 Å². The predicted molar refractivity (Wildman–Crippen MR) is 170 cm³/mol. The topological polar surface area (TPSA) is 166 Å². The van der Waals surface area contributed by atoms with Gasteiger partial charge in [-0.2, -0.15) is 0 Å². The summed E-state index contributed by atoms with van der Waals surface area (Å²) in [6.45, 7) is 5.67. The first-order valence-electron chi connectivity index (χ1n) is 14.9. The molecular weight excluding hydrogens is 574 g/mol. The number of hydrogen-bond acceptors (Lipinski definition) is 7. The molecule has 1 heterocycles. The van der Waals surface area contributed by atoms with Crippen molar-refractivity contribution in [1.29, 1.82) is 0 Å². The highest BCUT2D eigenvalue weighted by Gasteiger charge is 2.34. The number of carbonyl (C=O) groups is 3. The summed E-state index contributed by atoms with van der Waals surface area (Å²) >= 11 is 0. The smallest absolute Gasteiger partial charge is 0.407 e. The number of amides is 2. The Morgan fingerprint density at radius 1 is 0.889 bits per heavy atom. The van der Waals surface area contributed by atoms with Crippen molar-refractivity contribution in [3.63, 3.8) is 0 Å². The van der Waals surface area contributed by atoms with Crippen molar-refractivity contribution in [1.82, 2.24) is 25.9 Å². The Bertz CT molecular complexity index is 1530. The third-order valence-electron chi connectivity index (χ3n) is 7.09. The maximum atomic E-state index is 12.6. The molecule has 0 saturated carbocycles. The molecule has 11 nitrogen and oxygen atoms in total. The second-order valence-electron chi connectivity index (χ2n) is 11.9. The van der Waals surface area contributed by atoms with Gasteiger partial charge in [-0.05, 0) is 56.0 Å². The van der Waals surface area contributed by atoms with Crippen LogP contribution in [0.5, 0.6) is 0 Å². The predicted octanol–water partition coefficient (Wildman–Crippen LogP) is 3.85. The van der Waals surface area contributed by atoms with E-state index in [9.17, 15) is 24.6 Å². The fourth-order valence-corrected chi connectivity index (χ4v) is 4.82. The summed E-state index contributed by atoms with van der Waals surface area (Å²) in [5.74, 6) is -0.585. The number of nitrogens with one attached hydrogen (secondary N) is 4. The van der Waals surface area contributed by atoms with Crippen molar-refractivity contribution in [3.8, 4) is 0 Å². The molecule has 3 aromatic carbocycles. The first-order valence-corrected chi connectivity index (χ1v) is 14.9. The van der Waals surface area contributed by atoms with Crippen LogP contribution in [-0.4, -0.2) is 61.9 Å². The molecule has 0 aliphatic carbocycles. The number of imidazole rings is 1. The molecule has 0 unspecified atom stereocenters. The number of H-pyrrole nitrogens is 1. The number of nitrogens with zero attached hydrogens (tertiary/aromatic N) is 1. The van der Waals surface area contributed by atoms with Gasteiger partial charge >= 0.3 is 12.1 Å². The molecule has 2 amide bonds. The van der Waals surface area contributed by atoms with Crippen LogP contribution in [0.1, 0.15) is 49.7 Å². The minimum atomic E-state index is -1.47. The molecule has 11 heteroatoms. The lowest BCUT2D eigenvalue weighted by atomic mass is 9.96. The quantitative estimate of drug-likeness (QED) is 0.124. The summed E-state index contributed by atoms with van der Waals surface area (Å²) in [7, 11) is 0. The lowest BCUT2D eigenvalue weighted by Crippen LogP contribution is -2.57. The summed E-state index contributed by atoms with van der Waals surface area (Å²) in [6, 6.07) is 22.0. The van der Waals surface area contributed by atoms with Gasteiger partial charge in [0, 0.05) is 25.9 Å². The van der Waals surface area contributed by atoms with Gasteiger partial charge in [0.25, 0.3) is 0 Å². The highest BCUT2D eigenvalue weighted by atomic mass is 16.6. The Kier molecular flexibility index (Phi) is 11.3. The van der Waals surface area contributed by atoms with E-state index < -0.39 is 35.9 Å². The monoisotopic (exact) mass is 615 g/mol. The maximum Gasteiger partial charge on any atom is 0.407 e. The van der Waals surface area contributed by atoms with Gasteiger partial charge in [-0.3, -0.25) is 14.9 Å². The number of alkyl carbamates (subject to hydrolysis) is 1. The Labute approximate surface area is 262 Å². The second-order valence-corrected chi connectivity index (χ2v) is 11.9. The second kappa shape index (κ2) is 15.3. The molecule has 3 atom stereocenters. The van der Waals surface area contributed by atoms with Gasteiger partial charge in [0.05, 0.1) is 17.1 Å². The molecule has 0 aliphatic rings. The van der Waals surface area contributed by atoms with Crippen molar-refractivity contribution < 1.29 is 29.3 Å². The molecule has 4 aromatic rings. The number of fused-ring (bicyclic) bond motifs is 1. The number of para-hydroxylation sites is 2. The van der Waals surface area contributed by atoms with Crippen molar-refractivity contribution in [2.75, 3.05) is 0 Å². The van der Waals surface area contributed by atoms with E-state index in [2.05, 4.69) is 25.9 Å². The van der Waals surface area contributed by atoms with E-state index in [-0.39, 0.29) is 18.9 Å². The van der Waals surface area contributed by atoms with Crippen LogP contribution in [0.2, 0.25) is 0 Å². The zero-order valence-corrected chi connectivity index (χ0v) is 25.7. The van der Waals surface area contributed by atoms with E-state index in [0.29, 0.717) is 19.4 Å². The third-order valence-corrected chi connectivity index (χ3v) is 7.09. The van der Waals surface area contributed by atoms with Crippen molar-refractivity contribution >= 4 is 29.0 Å². The summed E-state index contributed by atoms with van der Waals surface area (Å²) in [5.41, 5.74) is 3.54. The van der Waals surface area contributed by atoms with E-state index in [4.69, 9.17) is 4.74 Å². The Morgan fingerprint density at radius 3 is 2.18 bits per heavy atom. The zero-order chi connectivity index (χ0) is 32.4. The number of benzene rings is 3. The number of aromatic nitrogens is 2. The molecule has 0 aliphatic heterocycles. The van der Waals surface area contributed by atoms with Crippen molar-refractivity contribution in [2.24, 2.45) is 0 Å². The molecule has 238 valence electrons. The number of aliphatic hydroxyl groups is 1. The number of carboxylic acid groups (broad SMARTS) is 1. The highest BCUT2D eigenvalue weighted by Crippen LogP contribution is 2.14. The number of aliphatic carboxylic acids is 1. The van der Waals surface area contributed by atoms with Crippen molar-refractivity contribution in [2.45, 2.75) is 76.9 Å². The van der Waals surface area contributed by atoms with Gasteiger partial charge in [0.1, 0.15) is 23.6 Å². The van der Waals surface area contributed by atoms with Gasteiger partial charge < -0.3 is 30.6 Å². The molecule has 6 N–H and O–H groups in total. The number of carbonyl (C=O) groups excluding carboxylic acids is 2. The molecular formula is C34H41N5O6. The SMILES string of the molecule is CC(C)(C)OC(=O)N[C@@H](Cc1ccccc1)[C@@H](O)[C@@H](NCc1ccc(CNC(=O)CCc2nc3ccccc3[nH]2)cc1)C(=O)O. The Morgan fingerprint density at radius 2 is 1.53 bits per heavy atom. The van der Waals surface area contributed by atoms with Crippen LogP contribution in [0, 0.1) is 0 Å². The lowest BCUT2D eigenvalue weighted by molar-refractivity contribution is -0.143. The zero-order valence-electron chi connectivity index (χ0n) is 25.7. The van der Waals surface area contributed by atoms with Crippen LogP contribution < -0.4 is 16.0 Å². The maximum absolute atomic E-state index is 12.6. The number of aryl methyl sites for hydroxylation is 1. The van der Waals surface area contributed by atoms with Crippen LogP contribution in [0.15, 0.2) is 78.9 Å². The normalized spacial score (nSPS) is 13.5. The van der Waals surface area contributed by atoms with E-state index in [1.54, 1.807) is 20.8 Å². The summed E-state index contributed by atoms with van der Waals surface area (Å²) in [6.07, 6.45) is -1.21. The molecule has 4 rings (SSSR count). The van der Waals surface area contributed by atoms with Crippen LogP contribution >= 0.6 is 0 Å². The Hall–Kier alpha value is -4.74. The van der Waals surface area contributed by atoms with Gasteiger partial charge in [0.15, 0.2) is 0 Å².